The van der Waals surface area contributed by atoms with Crippen molar-refractivity contribution in [2.24, 2.45) is 11.3 Å². The molecule has 1 amide bonds. The Hall–Kier alpha value is -0.570. The molecule has 3 aliphatic rings. The molecular formula is C9H15NO2. The maximum atomic E-state index is 11.4. The Kier molecular flexibility index (Phi) is 1.65. The van der Waals surface area contributed by atoms with Gasteiger partial charge in [0, 0.05) is 13.5 Å². The van der Waals surface area contributed by atoms with E-state index in [1.165, 1.54) is 31.4 Å². The molecule has 0 atom stereocenters. The highest BCUT2D eigenvalue weighted by atomic mass is 16.7. The molecule has 12 heavy (non-hydrogen) atoms. The molecule has 68 valence electrons. The van der Waals surface area contributed by atoms with Gasteiger partial charge < -0.3 is 0 Å². The van der Waals surface area contributed by atoms with Crippen molar-refractivity contribution in [3.63, 3.8) is 0 Å². The number of amides is 1. The molecule has 0 aromatic rings. The van der Waals surface area contributed by atoms with Crippen molar-refractivity contribution in [1.29, 1.82) is 0 Å². The number of hydroxylamine groups is 2. The summed E-state index contributed by atoms with van der Waals surface area (Å²) < 4.78 is 0. The number of carbonyl (C=O) groups excluding carboxylic acids is 1. The minimum Gasteiger partial charge on any atom is -0.275 e. The predicted molar refractivity (Wildman–Crippen MR) is 44.2 cm³/mol. The largest absolute Gasteiger partial charge is 0.275 e. The third-order valence-corrected chi connectivity index (χ3v) is 3.32. The van der Waals surface area contributed by atoms with E-state index in [2.05, 4.69) is 0 Å². The third kappa shape index (κ3) is 1.04. The minimum atomic E-state index is 0.121. The number of hydrogen-bond acceptors (Lipinski definition) is 2. The molecule has 0 aromatic heterocycles. The van der Waals surface area contributed by atoms with E-state index in [9.17, 15) is 4.79 Å². The monoisotopic (exact) mass is 169 g/mol. The summed E-state index contributed by atoms with van der Waals surface area (Å²) in [6.45, 7) is 0. The van der Waals surface area contributed by atoms with Crippen LogP contribution in [0.5, 0.6) is 0 Å². The van der Waals surface area contributed by atoms with E-state index in [0.29, 0.717) is 11.8 Å². The fourth-order valence-corrected chi connectivity index (χ4v) is 2.41. The lowest BCUT2D eigenvalue weighted by atomic mass is 9.43. The van der Waals surface area contributed by atoms with Crippen LogP contribution >= 0.6 is 0 Å². The van der Waals surface area contributed by atoms with E-state index >= 15 is 0 Å². The summed E-state index contributed by atoms with van der Waals surface area (Å²) in [5.41, 5.74) is 0.397. The van der Waals surface area contributed by atoms with Gasteiger partial charge in [0.05, 0.1) is 7.11 Å². The summed E-state index contributed by atoms with van der Waals surface area (Å²) in [4.78, 5) is 16.2. The van der Waals surface area contributed by atoms with Gasteiger partial charge >= 0.3 is 0 Å². The zero-order valence-corrected chi connectivity index (χ0v) is 7.67. The van der Waals surface area contributed by atoms with Crippen molar-refractivity contribution < 1.29 is 9.63 Å². The Morgan fingerprint density at radius 1 is 1.58 bits per heavy atom. The molecule has 3 rings (SSSR count). The highest BCUT2D eigenvalue weighted by molar-refractivity contribution is 5.76. The normalized spacial score (nSPS) is 36.7. The molecular weight excluding hydrogens is 154 g/mol. The number of hydrogen-bond donors (Lipinski definition) is 0. The first kappa shape index (κ1) is 8.05. The van der Waals surface area contributed by atoms with E-state index in [1.54, 1.807) is 7.05 Å². The molecule has 3 saturated carbocycles. The molecule has 0 aliphatic heterocycles. The van der Waals surface area contributed by atoms with Crippen LogP contribution in [0, 0.1) is 11.3 Å². The average Bonchev–Trinajstić information content (AvgIpc) is 1.92. The zero-order valence-electron chi connectivity index (χ0n) is 7.67. The first-order valence-corrected chi connectivity index (χ1v) is 4.46. The summed E-state index contributed by atoms with van der Waals surface area (Å²) in [5, 5.41) is 1.33. The second-order valence-corrected chi connectivity index (χ2v) is 4.23. The van der Waals surface area contributed by atoms with Crippen molar-refractivity contribution in [3.05, 3.63) is 0 Å². The Morgan fingerprint density at radius 2 is 2.17 bits per heavy atom. The summed E-state index contributed by atoms with van der Waals surface area (Å²) in [5.74, 6) is 1.07. The van der Waals surface area contributed by atoms with Gasteiger partial charge in [0.1, 0.15) is 0 Å². The van der Waals surface area contributed by atoms with Crippen LogP contribution in [0.4, 0.5) is 0 Å². The van der Waals surface area contributed by atoms with Gasteiger partial charge in [-0.05, 0) is 30.6 Å². The zero-order chi connectivity index (χ0) is 8.77. The number of carbonyl (C=O) groups is 1. The fourth-order valence-electron chi connectivity index (χ4n) is 2.41. The summed E-state index contributed by atoms with van der Waals surface area (Å²) in [6, 6.07) is 0. The topological polar surface area (TPSA) is 29.5 Å². The highest BCUT2D eigenvalue weighted by Crippen LogP contribution is 2.66. The summed E-state index contributed by atoms with van der Waals surface area (Å²) in [7, 11) is 3.20. The standard InChI is InChI=1S/C9H15NO2/c1-10(12-2)8(11)6-9-3-7(4-9)5-9/h7H,3-6H2,1-2H3. The molecule has 3 fully saturated rings. The highest BCUT2D eigenvalue weighted by Gasteiger charge is 2.57. The van der Waals surface area contributed by atoms with Crippen LogP contribution in [0.15, 0.2) is 0 Å². The van der Waals surface area contributed by atoms with E-state index < -0.39 is 0 Å². The second-order valence-electron chi connectivity index (χ2n) is 4.23. The molecule has 3 nitrogen and oxygen atoms in total. The Morgan fingerprint density at radius 3 is 2.50 bits per heavy atom. The van der Waals surface area contributed by atoms with Gasteiger partial charge in [0.15, 0.2) is 0 Å². The second kappa shape index (κ2) is 2.46. The third-order valence-electron chi connectivity index (χ3n) is 3.32. The molecule has 0 spiro atoms. The molecule has 2 bridgehead atoms. The lowest BCUT2D eigenvalue weighted by molar-refractivity contribution is -0.184. The number of nitrogens with zero attached hydrogens (tertiary/aromatic N) is 1. The van der Waals surface area contributed by atoms with E-state index in [-0.39, 0.29) is 5.91 Å². The molecule has 0 heterocycles. The number of rotatable bonds is 3. The molecule has 0 aromatic carbocycles. The Labute approximate surface area is 72.6 Å². The van der Waals surface area contributed by atoms with Crippen LogP contribution in [0.3, 0.4) is 0 Å². The quantitative estimate of drug-likeness (QED) is 0.594. The molecule has 0 N–H and O–H groups in total. The molecule has 3 aliphatic carbocycles. The Balaban J connectivity index is 1.82. The first-order chi connectivity index (χ1) is 5.65. The van der Waals surface area contributed by atoms with Crippen LogP contribution in [0.2, 0.25) is 0 Å². The lowest BCUT2D eigenvalue weighted by Gasteiger charge is -2.61. The van der Waals surface area contributed by atoms with Gasteiger partial charge in [-0.1, -0.05) is 0 Å². The summed E-state index contributed by atoms with van der Waals surface area (Å²) >= 11 is 0. The van der Waals surface area contributed by atoms with Gasteiger partial charge in [-0.2, -0.15) is 0 Å². The minimum absolute atomic E-state index is 0.121. The summed E-state index contributed by atoms with van der Waals surface area (Å²) in [6.07, 6.45) is 4.51. The smallest absolute Gasteiger partial charge is 0.246 e. The van der Waals surface area contributed by atoms with Crippen molar-refractivity contribution in [1.82, 2.24) is 5.06 Å². The van der Waals surface area contributed by atoms with E-state index in [1.807, 2.05) is 0 Å². The van der Waals surface area contributed by atoms with Gasteiger partial charge in [-0.3, -0.25) is 9.63 Å². The predicted octanol–water partition coefficient (Wildman–Crippen LogP) is 1.20. The fraction of sp³-hybridized carbons (Fsp3) is 0.889. The lowest BCUT2D eigenvalue weighted by Crippen LogP contribution is -2.53. The van der Waals surface area contributed by atoms with Gasteiger partial charge in [0.2, 0.25) is 5.91 Å². The Bertz CT molecular complexity index is 198. The van der Waals surface area contributed by atoms with Crippen LogP contribution in [-0.2, 0) is 9.63 Å². The maximum Gasteiger partial charge on any atom is 0.246 e. The van der Waals surface area contributed by atoms with Crippen molar-refractivity contribution in [2.75, 3.05) is 14.2 Å². The van der Waals surface area contributed by atoms with Crippen LogP contribution < -0.4 is 0 Å². The van der Waals surface area contributed by atoms with E-state index in [0.717, 1.165) is 5.92 Å². The molecule has 3 heteroatoms. The van der Waals surface area contributed by atoms with Gasteiger partial charge in [-0.25, -0.2) is 5.06 Å². The van der Waals surface area contributed by atoms with Crippen LogP contribution in [-0.4, -0.2) is 25.1 Å². The van der Waals surface area contributed by atoms with E-state index in [4.69, 9.17) is 4.84 Å². The molecule has 0 unspecified atom stereocenters. The van der Waals surface area contributed by atoms with Gasteiger partial charge in [0.25, 0.3) is 0 Å². The van der Waals surface area contributed by atoms with Crippen molar-refractivity contribution >= 4 is 5.91 Å². The SMILES string of the molecule is CON(C)C(=O)CC12CC(C1)C2. The van der Waals surface area contributed by atoms with Crippen molar-refractivity contribution in [2.45, 2.75) is 25.7 Å². The maximum absolute atomic E-state index is 11.4. The van der Waals surface area contributed by atoms with Crippen LogP contribution in [0.25, 0.3) is 0 Å². The molecule has 0 radical (unpaired) electrons. The van der Waals surface area contributed by atoms with Crippen LogP contribution in [0.1, 0.15) is 25.7 Å². The van der Waals surface area contributed by atoms with Crippen molar-refractivity contribution in [3.8, 4) is 0 Å². The van der Waals surface area contributed by atoms with Gasteiger partial charge in [-0.15, -0.1) is 0 Å². The molecule has 0 saturated heterocycles. The average molecular weight is 169 g/mol. The first-order valence-electron chi connectivity index (χ1n) is 4.46.